The Bertz CT molecular complexity index is 74.4. The highest BCUT2D eigenvalue weighted by atomic mass is 16.9. The largest absolute Gasteiger partial charge is 0.738 e. The maximum atomic E-state index is 10.3. The van der Waals surface area contributed by atoms with Crippen molar-refractivity contribution in [1.29, 1.82) is 0 Å². The zero-order chi connectivity index (χ0) is 6.57. The van der Waals surface area contributed by atoms with Gasteiger partial charge in [-0.1, -0.05) is 6.58 Å². The smallest absolute Gasteiger partial charge is 0.104 e. The average molecular weight is 117 g/mol. The normalized spacial score (nSPS) is 10.1. The van der Waals surface area contributed by atoms with E-state index in [9.17, 15) is 5.21 Å². The Morgan fingerprint density at radius 1 is 1.62 bits per heavy atom. The molecule has 4 nitrogen and oxygen atoms in total. The summed E-state index contributed by atoms with van der Waals surface area (Å²) >= 11 is 0. The van der Waals surface area contributed by atoms with Crippen molar-refractivity contribution in [2.24, 2.45) is 0 Å². The predicted molar refractivity (Wildman–Crippen MR) is 30.2 cm³/mol. The third-order valence-electron chi connectivity index (χ3n) is 0.491. The van der Waals surface area contributed by atoms with E-state index in [2.05, 4.69) is 11.4 Å². The highest BCUT2D eigenvalue weighted by Gasteiger charge is 1.86. The molecule has 0 radical (unpaired) electrons. The van der Waals surface area contributed by atoms with Crippen LogP contribution in [0.15, 0.2) is 12.8 Å². The molecule has 0 aliphatic heterocycles. The standard InChI is InChI=1S/C4H9N2O2/c1-4-8-6(7)5(2)3/h4H,1H2,2-3H3/q-1. The van der Waals surface area contributed by atoms with Gasteiger partial charge in [0.1, 0.15) is 6.26 Å². The fourth-order valence-electron chi connectivity index (χ4n) is 0.158. The third kappa shape index (κ3) is 2.57. The van der Waals surface area contributed by atoms with Crippen molar-refractivity contribution in [3.63, 3.8) is 0 Å². The molecule has 0 unspecified atom stereocenters. The lowest BCUT2D eigenvalue weighted by Gasteiger charge is -2.30. The van der Waals surface area contributed by atoms with Crippen LogP contribution < -0.4 is 0 Å². The van der Waals surface area contributed by atoms with Gasteiger partial charge in [0.15, 0.2) is 0 Å². The molecule has 0 spiro atoms. The van der Waals surface area contributed by atoms with Crippen LogP contribution in [0.4, 0.5) is 0 Å². The Morgan fingerprint density at radius 3 is 2.25 bits per heavy atom. The highest BCUT2D eigenvalue weighted by molar-refractivity contribution is 4.46. The second-order valence-electron chi connectivity index (χ2n) is 1.36. The van der Waals surface area contributed by atoms with E-state index in [1.807, 2.05) is 0 Å². The summed E-state index contributed by atoms with van der Waals surface area (Å²) in [6, 6.07) is 0. The van der Waals surface area contributed by atoms with Gasteiger partial charge in [-0.2, -0.15) is 0 Å². The van der Waals surface area contributed by atoms with E-state index in [4.69, 9.17) is 0 Å². The number of hydrogen-bond donors (Lipinski definition) is 0. The van der Waals surface area contributed by atoms with Crippen LogP contribution in [-0.4, -0.2) is 24.4 Å². The van der Waals surface area contributed by atoms with E-state index in [1.165, 1.54) is 5.01 Å². The van der Waals surface area contributed by atoms with Gasteiger partial charge in [0.25, 0.3) is 0 Å². The molecule has 4 heteroatoms. The van der Waals surface area contributed by atoms with Crippen LogP contribution >= 0.6 is 0 Å². The summed E-state index contributed by atoms with van der Waals surface area (Å²) in [5.74, 6) is 0. The van der Waals surface area contributed by atoms with Crippen LogP contribution in [0.3, 0.4) is 0 Å². The molecular formula is C4H9N2O2-. The van der Waals surface area contributed by atoms with Crippen molar-refractivity contribution < 1.29 is 4.84 Å². The molecule has 0 aliphatic carbocycles. The highest BCUT2D eigenvalue weighted by Crippen LogP contribution is 1.87. The number of hydrazine groups is 1. The minimum atomic E-state index is 0.312. The summed E-state index contributed by atoms with van der Waals surface area (Å²) in [7, 11) is 3.13. The molecule has 8 heavy (non-hydrogen) atoms. The first-order valence-corrected chi connectivity index (χ1v) is 2.10. The quantitative estimate of drug-likeness (QED) is 0.394. The second kappa shape index (κ2) is 3.43. The zero-order valence-electron chi connectivity index (χ0n) is 5.00. The SMILES string of the molecule is C=CON([O-])N(C)C. The van der Waals surface area contributed by atoms with Gasteiger partial charge < -0.3 is 10.0 Å². The molecule has 0 aromatic carbocycles. The van der Waals surface area contributed by atoms with Crippen molar-refractivity contribution in [2.45, 2.75) is 0 Å². The van der Waals surface area contributed by atoms with Gasteiger partial charge in [0.2, 0.25) is 0 Å². The zero-order valence-corrected chi connectivity index (χ0v) is 5.00. The average Bonchev–Trinajstić information content (AvgIpc) is 1.67. The summed E-state index contributed by atoms with van der Waals surface area (Å²) in [6.45, 7) is 3.19. The summed E-state index contributed by atoms with van der Waals surface area (Å²) in [5, 5.41) is 11.8. The molecular weight excluding hydrogens is 108 g/mol. The Kier molecular flexibility index (Phi) is 3.18. The van der Waals surface area contributed by atoms with Crippen molar-refractivity contribution in [2.75, 3.05) is 14.1 Å². The first-order valence-electron chi connectivity index (χ1n) is 2.10. The predicted octanol–water partition coefficient (Wildman–Crippen LogP) is 0.338. The lowest BCUT2D eigenvalue weighted by Crippen LogP contribution is -2.29. The topological polar surface area (TPSA) is 38.8 Å². The number of nitrogens with zero attached hydrogens (tertiary/aromatic N) is 2. The summed E-state index contributed by atoms with van der Waals surface area (Å²) in [6.07, 6.45) is 1.06. The molecule has 0 rings (SSSR count). The van der Waals surface area contributed by atoms with E-state index in [0.29, 0.717) is 5.34 Å². The summed E-state index contributed by atoms with van der Waals surface area (Å²) in [4.78, 5) is 4.27. The van der Waals surface area contributed by atoms with E-state index < -0.39 is 0 Å². The minimum Gasteiger partial charge on any atom is -0.738 e. The number of hydrogen-bond acceptors (Lipinski definition) is 4. The van der Waals surface area contributed by atoms with Gasteiger partial charge in [0.05, 0.1) is 0 Å². The Morgan fingerprint density at radius 2 is 2.12 bits per heavy atom. The second-order valence-corrected chi connectivity index (χ2v) is 1.36. The fourth-order valence-corrected chi connectivity index (χ4v) is 0.158. The van der Waals surface area contributed by atoms with Gasteiger partial charge >= 0.3 is 0 Å². The Hall–Kier alpha value is -0.580. The van der Waals surface area contributed by atoms with Gasteiger partial charge in [0, 0.05) is 14.1 Å². The van der Waals surface area contributed by atoms with Crippen LogP contribution in [-0.2, 0) is 4.84 Å². The van der Waals surface area contributed by atoms with Crippen molar-refractivity contribution in [1.82, 2.24) is 10.3 Å². The molecule has 0 saturated carbocycles. The van der Waals surface area contributed by atoms with E-state index in [1.54, 1.807) is 14.1 Å². The maximum Gasteiger partial charge on any atom is 0.104 e. The lowest BCUT2D eigenvalue weighted by atomic mass is 11.2. The first kappa shape index (κ1) is 7.42. The fraction of sp³-hybridized carbons (Fsp3) is 0.500. The van der Waals surface area contributed by atoms with Gasteiger partial charge in [-0.25, -0.2) is 5.01 Å². The van der Waals surface area contributed by atoms with Crippen LogP contribution in [0.1, 0.15) is 0 Å². The molecule has 0 amide bonds. The molecule has 0 atom stereocenters. The molecule has 0 heterocycles. The maximum absolute atomic E-state index is 10.3. The molecule has 48 valence electrons. The number of rotatable bonds is 3. The van der Waals surface area contributed by atoms with E-state index in [0.717, 1.165) is 6.26 Å². The van der Waals surface area contributed by atoms with E-state index in [-0.39, 0.29) is 0 Å². The molecule has 0 fully saturated rings. The van der Waals surface area contributed by atoms with Gasteiger partial charge in [-0.3, -0.25) is 0 Å². The van der Waals surface area contributed by atoms with Crippen LogP contribution in [0.25, 0.3) is 0 Å². The van der Waals surface area contributed by atoms with Crippen LogP contribution in [0.2, 0.25) is 0 Å². The molecule has 0 aromatic rings. The molecule has 0 aliphatic rings. The Balaban J connectivity index is 3.30. The van der Waals surface area contributed by atoms with Crippen molar-refractivity contribution >= 4 is 0 Å². The molecule has 0 N–H and O–H groups in total. The monoisotopic (exact) mass is 117 g/mol. The lowest BCUT2D eigenvalue weighted by molar-refractivity contribution is -0.189. The Labute approximate surface area is 48.5 Å². The summed E-state index contributed by atoms with van der Waals surface area (Å²) < 4.78 is 0. The molecule has 0 saturated heterocycles. The van der Waals surface area contributed by atoms with E-state index >= 15 is 0 Å². The van der Waals surface area contributed by atoms with Crippen LogP contribution in [0, 0.1) is 5.21 Å². The van der Waals surface area contributed by atoms with Gasteiger partial charge in [-0.05, 0) is 0 Å². The van der Waals surface area contributed by atoms with Crippen molar-refractivity contribution in [3.05, 3.63) is 18.0 Å². The minimum absolute atomic E-state index is 0.312. The molecule has 0 aromatic heterocycles. The summed E-state index contributed by atoms with van der Waals surface area (Å²) in [5.41, 5.74) is 0. The van der Waals surface area contributed by atoms with Crippen LogP contribution in [0.5, 0.6) is 0 Å². The molecule has 0 bridgehead atoms. The van der Waals surface area contributed by atoms with Crippen molar-refractivity contribution in [3.8, 4) is 0 Å². The first-order chi connectivity index (χ1) is 3.68. The van der Waals surface area contributed by atoms with Gasteiger partial charge in [-0.15, -0.1) is 5.34 Å². The third-order valence-corrected chi connectivity index (χ3v) is 0.491.